The molecule has 2 atom stereocenters. The second-order valence-corrected chi connectivity index (χ2v) is 7.12. The van der Waals surface area contributed by atoms with Crippen LogP contribution in [-0.2, 0) is 0 Å². The van der Waals surface area contributed by atoms with Crippen molar-refractivity contribution in [1.29, 1.82) is 0 Å². The van der Waals surface area contributed by atoms with E-state index >= 15 is 0 Å². The van der Waals surface area contributed by atoms with Crippen molar-refractivity contribution >= 4 is 17.3 Å². The van der Waals surface area contributed by atoms with Crippen molar-refractivity contribution < 1.29 is 9.53 Å². The van der Waals surface area contributed by atoms with Gasteiger partial charge in [-0.15, -0.1) is 0 Å². The van der Waals surface area contributed by atoms with Crippen molar-refractivity contribution in [3.8, 4) is 5.75 Å². The van der Waals surface area contributed by atoms with Gasteiger partial charge in [-0.3, -0.25) is 4.79 Å². The molecule has 0 aliphatic carbocycles. The van der Waals surface area contributed by atoms with Crippen LogP contribution in [0.4, 0.5) is 11.4 Å². The number of methoxy groups -OCH3 is 1. The second kappa shape index (κ2) is 7.77. The Kier molecular flexibility index (Phi) is 5.02. The van der Waals surface area contributed by atoms with Crippen molar-refractivity contribution in [3.05, 3.63) is 90.0 Å². The van der Waals surface area contributed by atoms with E-state index in [2.05, 4.69) is 24.4 Å². The molecule has 3 aromatic carbocycles. The molecule has 1 amide bonds. The van der Waals surface area contributed by atoms with E-state index in [0.29, 0.717) is 5.56 Å². The largest absolute Gasteiger partial charge is 0.497 e. The first-order chi connectivity index (χ1) is 13.7. The van der Waals surface area contributed by atoms with Crippen LogP contribution < -0.4 is 15.0 Å². The van der Waals surface area contributed by atoms with Gasteiger partial charge in [-0.1, -0.05) is 36.4 Å². The Morgan fingerprint density at radius 2 is 1.64 bits per heavy atom. The Morgan fingerprint density at radius 3 is 2.36 bits per heavy atom. The number of nitrogens with zero attached hydrogens (tertiary/aromatic N) is 1. The molecule has 4 heteroatoms. The fraction of sp³-hybridized carbons (Fsp3) is 0.208. The summed E-state index contributed by atoms with van der Waals surface area (Å²) in [4.78, 5) is 15.6. The van der Waals surface area contributed by atoms with E-state index in [1.165, 1.54) is 0 Å². The van der Waals surface area contributed by atoms with E-state index in [1.807, 2.05) is 71.6 Å². The molecule has 0 aromatic heterocycles. The molecule has 142 valence electrons. The zero-order chi connectivity index (χ0) is 19.5. The molecule has 0 radical (unpaired) electrons. The number of nitrogens with one attached hydrogen (secondary N) is 1. The predicted octanol–water partition coefficient (Wildman–Crippen LogP) is 5.29. The topological polar surface area (TPSA) is 41.6 Å². The predicted molar refractivity (Wildman–Crippen MR) is 113 cm³/mol. The number of benzene rings is 3. The molecule has 0 fully saturated rings. The lowest BCUT2D eigenvalue weighted by Crippen LogP contribution is -2.40. The van der Waals surface area contributed by atoms with Gasteiger partial charge in [0.1, 0.15) is 5.75 Å². The molecule has 4 nitrogen and oxygen atoms in total. The minimum atomic E-state index is -0.0375. The highest BCUT2D eigenvalue weighted by Gasteiger charge is 2.33. The maximum Gasteiger partial charge on any atom is 0.258 e. The van der Waals surface area contributed by atoms with Crippen molar-refractivity contribution in [2.24, 2.45) is 0 Å². The number of anilines is 2. The van der Waals surface area contributed by atoms with Crippen molar-refractivity contribution in [3.63, 3.8) is 0 Å². The maximum absolute atomic E-state index is 13.6. The average molecular weight is 372 g/mol. The zero-order valence-electron chi connectivity index (χ0n) is 16.1. The number of rotatable bonds is 4. The van der Waals surface area contributed by atoms with E-state index in [0.717, 1.165) is 29.1 Å². The minimum absolute atomic E-state index is 0.0113. The quantitative estimate of drug-likeness (QED) is 0.677. The van der Waals surface area contributed by atoms with Crippen LogP contribution in [0.15, 0.2) is 78.9 Å². The van der Waals surface area contributed by atoms with E-state index in [4.69, 9.17) is 4.74 Å². The van der Waals surface area contributed by atoms with Gasteiger partial charge in [-0.25, -0.2) is 0 Å². The van der Waals surface area contributed by atoms with E-state index in [9.17, 15) is 4.79 Å². The van der Waals surface area contributed by atoms with E-state index in [-0.39, 0.29) is 18.0 Å². The Labute approximate surface area is 165 Å². The number of carbonyl (C=O) groups is 1. The van der Waals surface area contributed by atoms with Gasteiger partial charge in [0, 0.05) is 23.0 Å². The summed E-state index contributed by atoms with van der Waals surface area (Å²) in [6.45, 7) is 2.16. The molecule has 28 heavy (non-hydrogen) atoms. The van der Waals surface area contributed by atoms with Gasteiger partial charge in [0.15, 0.2) is 0 Å². The monoisotopic (exact) mass is 372 g/mol. The van der Waals surface area contributed by atoms with Crippen LogP contribution in [0.1, 0.15) is 35.3 Å². The molecule has 0 saturated carbocycles. The zero-order valence-corrected chi connectivity index (χ0v) is 16.1. The third-order valence-corrected chi connectivity index (χ3v) is 5.20. The SMILES string of the molecule is COc1ccc(C(=O)N(c2ccccc2)[C@@H]2C[C@@H](C)Nc3ccccc32)cc1. The lowest BCUT2D eigenvalue weighted by atomic mass is 9.91. The lowest BCUT2D eigenvalue weighted by molar-refractivity contribution is 0.0974. The highest BCUT2D eigenvalue weighted by Crippen LogP contribution is 2.39. The number of carbonyl (C=O) groups excluding carboxylic acids is 1. The van der Waals surface area contributed by atoms with E-state index in [1.54, 1.807) is 7.11 Å². The lowest BCUT2D eigenvalue weighted by Gasteiger charge is -2.39. The molecule has 1 heterocycles. The number of fused-ring (bicyclic) bond motifs is 1. The van der Waals surface area contributed by atoms with Gasteiger partial charge in [0.05, 0.1) is 13.2 Å². The highest BCUT2D eigenvalue weighted by atomic mass is 16.5. The van der Waals surface area contributed by atoms with Gasteiger partial charge in [-0.05, 0) is 61.4 Å². The van der Waals surface area contributed by atoms with Crippen LogP contribution in [0.5, 0.6) is 5.75 Å². The normalized spacial score (nSPS) is 17.9. The molecule has 3 aromatic rings. The third kappa shape index (κ3) is 3.46. The first kappa shape index (κ1) is 18.1. The fourth-order valence-electron chi connectivity index (χ4n) is 3.85. The molecule has 0 unspecified atom stereocenters. The van der Waals surface area contributed by atoms with Crippen molar-refractivity contribution in [1.82, 2.24) is 0 Å². The molecular weight excluding hydrogens is 348 g/mol. The summed E-state index contributed by atoms with van der Waals surface area (Å²) in [5, 5.41) is 3.54. The molecule has 0 saturated heterocycles. The van der Waals surface area contributed by atoms with Gasteiger partial charge < -0.3 is 15.0 Å². The molecule has 1 aliphatic heterocycles. The number of hydrogen-bond acceptors (Lipinski definition) is 3. The Hall–Kier alpha value is -3.27. The summed E-state index contributed by atoms with van der Waals surface area (Å²) >= 11 is 0. The van der Waals surface area contributed by atoms with Crippen LogP contribution in [0.3, 0.4) is 0 Å². The number of ether oxygens (including phenoxy) is 1. The van der Waals surface area contributed by atoms with E-state index < -0.39 is 0 Å². The summed E-state index contributed by atoms with van der Waals surface area (Å²) in [5.41, 5.74) is 3.78. The number of hydrogen-bond donors (Lipinski definition) is 1. The van der Waals surface area contributed by atoms with Crippen molar-refractivity contribution in [2.75, 3.05) is 17.3 Å². The molecular formula is C24H24N2O2. The Bertz CT molecular complexity index is 954. The summed E-state index contributed by atoms with van der Waals surface area (Å²) < 4.78 is 5.24. The van der Waals surface area contributed by atoms with Crippen LogP contribution >= 0.6 is 0 Å². The average Bonchev–Trinajstić information content (AvgIpc) is 2.74. The maximum atomic E-state index is 13.6. The summed E-state index contributed by atoms with van der Waals surface area (Å²) in [6, 6.07) is 25.7. The second-order valence-electron chi connectivity index (χ2n) is 7.12. The Morgan fingerprint density at radius 1 is 0.964 bits per heavy atom. The standard InChI is InChI=1S/C24H24N2O2/c1-17-16-23(21-10-6-7-11-22(21)25-17)26(19-8-4-3-5-9-19)24(27)18-12-14-20(28-2)15-13-18/h3-15,17,23,25H,16H2,1-2H3/t17-,23-/m1/s1. The number of amides is 1. The first-order valence-corrected chi connectivity index (χ1v) is 9.55. The Balaban J connectivity index is 1.79. The van der Waals surface area contributed by atoms with Crippen LogP contribution in [-0.4, -0.2) is 19.1 Å². The van der Waals surface area contributed by atoms with Crippen LogP contribution in [0.25, 0.3) is 0 Å². The van der Waals surface area contributed by atoms with Crippen LogP contribution in [0.2, 0.25) is 0 Å². The fourth-order valence-corrected chi connectivity index (χ4v) is 3.85. The molecule has 1 aliphatic rings. The van der Waals surface area contributed by atoms with Gasteiger partial charge in [0.2, 0.25) is 0 Å². The third-order valence-electron chi connectivity index (χ3n) is 5.20. The van der Waals surface area contributed by atoms with Crippen LogP contribution in [0, 0.1) is 0 Å². The van der Waals surface area contributed by atoms with Gasteiger partial charge in [0.25, 0.3) is 5.91 Å². The summed E-state index contributed by atoms with van der Waals surface area (Å²) in [7, 11) is 1.63. The van der Waals surface area contributed by atoms with Crippen molar-refractivity contribution in [2.45, 2.75) is 25.4 Å². The van der Waals surface area contributed by atoms with Gasteiger partial charge in [-0.2, -0.15) is 0 Å². The molecule has 4 rings (SSSR count). The minimum Gasteiger partial charge on any atom is -0.497 e. The summed E-state index contributed by atoms with van der Waals surface area (Å²) in [5.74, 6) is 0.728. The molecule has 0 spiro atoms. The first-order valence-electron chi connectivity index (χ1n) is 9.55. The highest BCUT2D eigenvalue weighted by molar-refractivity contribution is 6.06. The van der Waals surface area contributed by atoms with Gasteiger partial charge >= 0.3 is 0 Å². The molecule has 1 N–H and O–H groups in total. The number of para-hydroxylation sites is 2. The summed E-state index contributed by atoms with van der Waals surface area (Å²) in [6.07, 6.45) is 0.841. The smallest absolute Gasteiger partial charge is 0.258 e. The molecule has 0 bridgehead atoms.